The van der Waals surface area contributed by atoms with Crippen molar-refractivity contribution in [1.29, 1.82) is 0 Å². The maximum absolute atomic E-state index is 11.8. The Morgan fingerprint density at radius 1 is 1.22 bits per heavy atom. The molecule has 45 heavy (non-hydrogen) atoms. The second kappa shape index (κ2) is 20.4. The van der Waals surface area contributed by atoms with E-state index in [0.717, 1.165) is 46.7 Å². The molecule has 0 saturated heterocycles. The van der Waals surface area contributed by atoms with Crippen LogP contribution in [0, 0.1) is 13.8 Å². The molecule has 0 spiro atoms. The van der Waals surface area contributed by atoms with Gasteiger partial charge >= 0.3 is 0 Å². The lowest BCUT2D eigenvalue weighted by atomic mass is 10.0. The summed E-state index contributed by atoms with van der Waals surface area (Å²) < 4.78 is 0. The van der Waals surface area contributed by atoms with Gasteiger partial charge in [0.25, 0.3) is 0 Å². The number of carbonyl (C=O) groups is 2. The minimum atomic E-state index is -0.384. The topological polar surface area (TPSA) is 111 Å². The van der Waals surface area contributed by atoms with E-state index < -0.39 is 0 Å². The summed E-state index contributed by atoms with van der Waals surface area (Å²) in [6.07, 6.45) is 7.28. The summed E-state index contributed by atoms with van der Waals surface area (Å²) in [5.41, 5.74) is 11.8. The standard InChI is InChI=1S/C23H24Cl2N2OS.C12H26N2O2/c1-5-6-21(25)20(16(4)24)13-29-18-7-8-22(26)19(11-18)17(12-28)10-23-14(2)9-15(3)27-23;1-6-9(2)13-8-12(7-10(3)15)14(5)11(4)16/h5-12,27H,1,13,26H2,2-4H3;9-10,12-13,15H,6-8H2,1-5H3/b17-10+,20-16+,21-6+;. The van der Waals surface area contributed by atoms with Gasteiger partial charge in [0.1, 0.15) is 0 Å². The second-order valence-electron chi connectivity index (χ2n) is 11.2. The van der Waals surface area contributed by atoms with Gasteiger partial charge in [-0.05, 0) is 95.0 Å². The number of nitrogen functional groups attached to an aromatic ring is 1. The third-order valence-corrected chi connectivity index (χ3v) is 8.88. The van der Waals surface area contributed by atoms with Crippen molar-refractivity contribution in [2.24, 2.45) is 0 Å². The number of hydrogen-bond donors (Lipinski definition) is 4. The van der Waals surface area contributed by atoms with Crippen molar-refractivity contribution < 1.29 is 14.7 Å². The highest BCUT2D eigenvalue weighted by atomic mass is 35.5. The molecule has 1 aromatic heterocycles. The van der Waals surface area contributed by atoms with Crippen molar-refractivity contribution in [3.63, 3.8) is 0 Å². The highest BCUT2D eigenvalue weighted by molar-refractivity contribution is 7.99. The average Bonchev–Trinajstić information content (AvgIpc) is 3.30. The number of H-pyrrole nitrogens is 1. The first kappa shape index (κ1) is 40.3. The molecule has 3 unspecified atom stereocenters. The van der Waals surface area contributed by atoms with Gasteiger partial charge in [0.15, 0.2) is 6.29 Å². The number of aromatic amines is 1. The molecule has 5 N–H and O–H groups in total. The van der Waals surface area contributed by atoms with Crippen molar-refractivity contribution in [2.75, 3.05) is 25.1 Å². The lowest BCUT2D eigenvalue weighted by molar-refractivity contribution is -0.130. The van der Waals surface area contributed by atoms with Crippen LogP contribution in [0.5, 0.6) is 0 Å². The van der Waals surface area contributed by atoms with Gasteiger partial charge in [-0.15, -0.1) is 11.8 Å². The number of aromatic nitrogens is 1. The summed E-state index contributed by atoms with van der Waals surface area (Å²) in [6.45, 7) is 17.7. The SMILES string of the molecule is C=C/C=C(Cl)\C(CSc1ccc(N)c(/C(C=O)=C/c2[nH]c(C)cc2C)c1)=C(/C)Cl.CCC(C)NCC(CC(C)O)N(C)C(C)=O. The van der Waals surface area contributed by atoms with E-state index >= 15 is 0 Å². The number of aryl methyl sites for hydroxylation is 2. The fourth-order valence-corrected chi connectivity index (χ4v) is 6.03. The van der Waals surface area contributed by atoms with Crippen LogP contribution >= 0.6 is 35.0 Å². The summed E-state index contributed by atoms with van der Waals surface area (Å²) in [5, 5.41) is 14.0. The lowest BCUT2D eigenvalue weighted by Gasteiger charge is -2.29. The van der Waals surface area contributed by atoms with Gasteiger partial charge in [-0.25, -0.2) is 0 Å². The van der Waals surface area contributed by atoms with E-state index in [1.54, 1.807) is 62.7 Å². The molecule has 1 heterocycles. The van der Waals surface area contributed by atoms with E-state index in [-0.39, 0.29) is 18.1 Å². The summed E-state index contributed by atoms with van der Waals surface area (Å²) in [4.78, 5) is 29.0. The Balaban J connectivity index is 0.000000538. The zero-order chi connectivity index (χ0) is 34.3. The van der Waals surface area contributed by atoms with Gasteiger partial charge in [0.05, 0.1) is 6.10 Å². The van der Waals surface area contributed by atoms with Crippen molar-refractivity contribution >= 4 is 64.5 Å². The van der Waals surface area contributed by atoms with Gasteiger partial charge in [-0.3, -0.25) is 9.59 Å². The lowest BCUT2D eigenvalue weighted by Crippen LogP contribution is -2.45. The van der Waals surface area contributed by atoms with Crippen LogP contribution in [-0.4, -0.2) is 64.7 Å². The first-order valence-electron chi connectivity index (χ1n) is 15.0. The maximum atomic E-state index is 11.8. The fraction of sp³-hybridized carbons (Fsp3) is 0.429. The molecule has 1 aromatic carbocycles. The van der Waals surface area contributed by atoms with Crippen LogP contribution in [0.4, 0.5) is 5.69 Å². The van der Waals surface area contributed by atoms with Gasteiger partial charge in [0, 0.05) is 81.5 Å². The molecule has 2 rings (SSSR count). The molecule has 0 aliphatic heterocycles. The van der Waals surface area contributed by atoms with Crippen LogP contribution in [0.2, 0.25) is 0 Å². The first-order chi connectivity index (χ1) is 21.1. The van der Waals surface area contributed by atoms with E-state index in [0.29, 0.717) is 45.1 Å². The number of thioether (sulfide) groups is 1. The van der Waals surface area contributed by atoms with Crippen LogP contribution in [0.3, 0.4) is 0 Å². The Bertz CT molecular complexity index is 1380. The molecule has 0 radical (unpaired) electrons. The van der Waals surface area contributed by atoms with Crippen LogP contribution in [-0.2, 0) is 9.59 Å². The number of rotatable bonds is 15. The number of nitrogens with zero attached hydrogens (tertiary/aromatic N) is 1. The van der Waals surface area contributed by atoms with Crippen molar-refractivity contribution in [1.82, 2.24) is 15.2 Å². The Morgan fingerprint density at radius 3 is 2.38 bits per heavy atom. The minimum absolute atomic E-state index is 0.0385. The van der Waals surface area contributed by atoms with Crippen LogP contribution in [0.15, 0.2) is 63.5 Å². The number of halogens is 2. The number of allylic oxidation sites excluding steroid dienone is 5. The molecule has 0 bridgehead atoms. The molecule has 3 atom stereocenters. The largest absolute Gasteiger partial charge is 0.398 e. The number of nitrogens with two attached hydrogens (primary N) is 1. The number of anilines is 1. The summed E-state index contributed by atoms with van der Waals surface area (Å²) in [7, 11) is 1.79. The Hall–Kier alpha value is -2.75. The smallest absolute Gasteiger partial charge is 0.219 e. The van der Waals surface area contributed by atoms with E-state index in [4.69, 9.17) is 28.9 Å². The zero-order valence-corrected chi connectivity index (χ0v) is 30.2. The molecule has 7 nitrogen and oxygen atoms in total. The van der Waals surface area contributed by atoms with Gasteiger partial charge in [-0.1, -0.05) is 42.8 Å². The number of amides is 1. The summed E-state index contributed by atoms with van der Waals surface area (Å²) in [6, 6.07) is 8.18. The number of carbonyl (C=O) groups excluding carboxylic acids is 2. The third-order valence-electron chi connectivity index (χ3n) is 7.28. The van der Waals surface area contributed by atoms with Crippen molar-refractivity contribution in [3.8, 4) is 0 Å². The van der Waals surface area contributed by atoms with Crippen molar-refractivity contribution in [2.45, 2.75) is 84.4 Å². The molecule has 0 fully saturated rings. The number of aldehydes is 1. The van der Waals surface area contributed by atoms with E-state index in [1.165, 1.54) is 0 Å². The van der Waals surface area contributed by atoms with Crippen LogP contribution < -0.4 is 11.1 Å². The molecule has 248 valence electrons. The summed E-state index contributed by atoms with van der Waals surface area (Å²) in [5.74, 6) is 0.619. The first-order valence-corrected chi connectivity index (χ1v) is 16.7. The molecule has 1 amide bonds. The maximum Gasteiger partial charge on any atom is 0.219 e. The van der Waals surface area contributed by atoms with E-state index in [2.05, 4.69) is 30.7 Å². The van der Waals surface area contributed by atoms with Crippen molar-refractivity contribution in [3.05, 3.63) is 81.1 Å². The van der Waals surface area contributed by atoms with Gasteiger partial charge in [0.2, 0.25) is 5.91 Å². The molecule has 10 heteroatoms. The summed E-state index contributed by atoms with van der Waals surface area (Å²) >= 11 is 14.1. The molecular formula is C35H50Cl2N4O3S. The van der Waals surface area contributed by atoms with Gasteiger partial charge < -0.3 is 26.0 Å². The van der Waals surface area contributed by atoms with E-state index in [1.807, 2.05) is 38.1 Å². The number of nitrogens with one attached hydrogen (secondary N) is 2. The van der Waals surface area contributed by atoms with Gasteiger partial charge in [-0.2, -0.15) is 0 Å². The third kappa shape index (κ3) is 14.1. The number of aliphatic hydroxyl groups excluding tert-OH is 1. The Labute approximate surface area is 284 Å². The molecule has 2 aromatic rings. The average molecular weight is 678 g/mol. The minimum Gasteiger partial charge on any atom is -0.398 e. The second-order valence-corrected chi connectivity index (χ2v) is 13.2. The molecular weight excluding hydrogens is 627 g/mol. The van der Waals surface area contributed by atoms with Crippen LogP contribution in [0.25, 0.3) is 11.6 Å². The Morgan fingerprint density at radius 2 is 1.89 bits per heavy atom. The quantitative estimate of drug-likeness (QED) is 0.0502. The predicted molar refractivity (Wildman–Crippen MR) is 195 cm³/mol. The normalized spacial score (nSPS) is 14.5. The highest BCUT2D eigenvalue weighted by Gasteiger charge is 2.19. The van der Waals surface area contributed by atoms with Crippen LogP contribution in [0.1, 0.15) is 70.0 Å². The predicted octanol–water partition coefficient (Wildman–Crippen LogP) is 7.86. The number of likely N-dealkylation sites (N-methyl/N-ethyl adjacent to an activating group) is 1. The molecule has 0 aliphatic carbocycles. The fourth-order valence-electron chi connectivity index (χ4n) is 4.31. The zero-order valence-electron chi connectivity index (χ0n) is 27.8. The Kier molecular flexibility index (Phi) is 18.2. The number of aliphatic hydroxyl groups is 1. The van der Waals surface area contributed by atoms with E-state index in [9.17, 15) is 14.7 Å². The number of benzene rings is 1. The molecule has 0 aliphatic rings. The number of hydrogen-bond acceptors (Lipinski definition) is 6. The monoisotopic (exact) mass is 676 g/mol. The molecule has 0 saturated carbocycles. The highest BCUT2D eigenvalue weighted by Crippen LogP contribution is 2.32.